The highest BCUT2D eigenvalue weighted by atomic mass is 14.3. The van der Waals surface area contributed by atoms with Gasteiger partial charge in [0.1, 0.15) is 0 Å². The van der Waals surface area contributed by atoms with Gasteiger partial charge in [0.2, 0.25) is 0 Å². The maximum Gasteiger partial charge on any atom is 0.0629 e. The molecule has 0 saturated heterocycles. The van der Waals surface area contributed by atoms with Gasteiger partial charge in [-0.05, 0) is 94.4 Å². The number of benzene rings is 8. The average molecular weight is 560 g/mol. The van der Waals surface area contributed by atoms with Crippen LogP contribution in [0.15, 0.2) is 157 Å². The van der Waals surface area contributed by atoms with Crippen molar-refractivity contribution in [2.24, 2.45) is 0 Å². The quantitative estimate of drug-likeness (QED) is 0.189. The Morgan fingerprint density at radius 1 is 0.349 bits per heavy atom. The van der Waals surface area contributed by atoms with Crippen molar-refractivity contribution in [3.63, 3.8) is 0 Å². The lowest BCUT2D eigenvalue weighted by atomic mass is 9.82. The van der Waals surface area contributed by atoms with Gasteiger partial charge in [0.05, 0.1) is 20.6 Å². The lowest BCUT2D eigenvalue weighted by Crippen LogP contribution is -1.94. The molecule has 0 spiro atoms. The van der Waals surface area contributed by atoms with Gasteiger partial charge in [-0.2, -0.15) is 0 Å². The molecule has 0 nitrogen and oxygen atoms in total. The van der Waals surface area contributed by atoms with Crippen LogP contribution in [0.4, 0.5) is 0 Å². The summed E-state index contributed by atoms with van der Waals surface area (Å²) in [4.78, 5) is 0. The normalized spacial score (nSPS) is 17.0. The van der Waals surface area contributed by atoms with E-state index in [1.165, 1.54) is 0 Å². The molecular formula is C43H28. The van der Waals surface area contributed by atoms with Gasteiger partial charge in [-0.1, -0.05) is 157 Å². The summed E-state index contributed by atoms with van der Waals surface area (Å²) in [5.41, 5.74) is 1.92. The molecule has 1 aliphatic rings. The summed E-state index contributed by atoms with van der Waals surface area (Å²) in [6.45, 7) is 0. The minimum absolute atomic E-state index is 0.0270. The van der Waals surface area contributed by atoms with Crippen LogP contribution in [0.3, 0.4) is 0 Å². The van der Waals surface area contributed by atoms with Crippen LogP contribution < -0.4 is 0 Å². The lowest BCUT2D eigenvalue weighted by molar-refractivity contribution is 1.26. The van der Waals surface area contributed by atoms with Gasteiger partial charge in [-0.15, -0.1) is 0 Å². The molecule has 0 bridgehead atoms. The Bertz CT molecular complexity index is 3110. The van der Waals surface area contributed by atoms with Gasteiger partial charge in [0.15, 0.2) is 0 Å². The van der Waals surface area contributed by atoms with E-state index in [2.05, 4.69) is 0 Å². The van der Waals surface area contributed by atoms with E-state index in [1.807, 2.05) is 54.6 Å². The monoisotopic (exact) mass is 559 g/mol. The van der Waals surface area contributed by atoms with Crippen LogP contribution >= 0.6 is 0 Å². The number of fused-ring (bicyclic) bond motifs is 6. The summed E-state index contributed by atoms with van der Waals surface area (Å²) in [5.74, 6) is 0. The van der Waals surface area contributed by atoms with E-state index < -0.39 is 84.6 Å². The highest BCUT2D eigenvalue weighted by Crippen LogP contribution is 2.50. The number of hydrogen-bond acceptors (Lipinski definition) is 0. The fraction of sp³-hybridized carbons (Fsp3) is 0.0233. The molecule has 0 amide bonds. The van der Waals surface area contributed by atoms with Crippen molar-refractivity contribution in [3.8, 4) is 44.5 Å². The molecule has 200 valence electrons. The van der Waals surface area contributed by atoms with Gasteiger partial charge in [0.25, 0.3) is 0 Å². The summed E-state index contributed by atoms with van der Waals surface area (Å²) in [5, 5.41) is 0.741. The molecule has 0 heterocycles. The van der Waals surface area contributed by atoms with Crippen LogP contribution in [-0.4, -0.2) is 0 Å². The first kappa shape index (κ1) is 13.7. The van der Waals surface area contributed by atoms with E-state index in [-0.39, 0.29) is 73.0 Å². The first-order chi connectivity index (χ1) is 27.6. The SMILES string of the molecule is [2H]c1c([2H])c([2H])c2c(c1[2H])Cc1c([2H])c([2H])c([2H])c(-c3c4c([2H])c([2H])c([2H])c([2H])c4c(-c4ccc(-c5ccccc5)c5ccccc45)c4c([2H])c([2H])c([2H])c([2H])c34)c1-2. The molecule has 43 heavy (non-hydrogen) atoms. The Kier molecular flexibility index (Phi) is 3.04. The van der Waals surface area contributed by atoms with Crippen LogP contribution in [0.1, 0.15) is 31.7 Å². The van der Waals surface area contributed by atoms with Crippen molar-refractivity contribution in [2.75, 3.05) is 0 Å². The van der Waals surface area contributed by atoms with Crippen molar-refractivity contribution >= 4 is 32.3 Å². The predicted octanol–water partition coefficient (Wildman–Crippen LogP) is 11.7. The Hall–Kier alpha value is -5.46. The summed E-state index contributed by atoms with van der Waals surface area (Å²) < 4.78 is 135. The molecule has 9 rings (SSSR count). The Labute approximate surface area is 272 Å². The van der Waals surface area contributed by atoms with Crippen molar-refractivity contribution in [1.82, 2.24) is 0 Å². The van der Waals surface area contributed by atoms with Gasteiger partial charge >= 0.3 is 0 Å². The first-order valence-electron chi connectivity index (χ1n) is 21.4. The smallest absolute Gasteiger partial charge is 0.0622 e. The topological polar surface area (TPSA) is 0 Å². The first-order valence-corrected chi connectivity index (χ1v) is 13.9. The zero-order valence-corrected chi connectivity index (χ0v) is 22.6. The highest BCUT2D eigenvalue weighted by Gasteiger charge is 2.25. The van der Waals surface area contributed by atoms with Gasteiger partial charge in [-0.3, -0.25) is 0 Å². The van der Waals surface area contributed by atoms with E-state index in [4.69, 9.17) is 13.7 Å². The van der Waals surface area contributed by atoms with E-state index >= 15 is 0 Å². The van der Waals surface area contributed by atoms with E-state index in [1.54, 1.807) is 12.1 Å². The molecule has 1 aliphatic carbocycles. The average Bonchev–Trinajstić information content (AvgIpc) is 3.64. The summed E-state index contributed by atoms with van der Waals surface area (Å²) in [6, 6.07) is 12.3. The van der Waals surface area contributed by atoms with E-state index in [9.17, 15) is 6.85 Å². The maximum absolute atomic E-state index is 9.48. The molecule has 0 aliphatic heterocycles. The van der Waals surface area contributed by atoms with Crippen molar-refractivity contribution in [2.45, 2.75) is 6.42 Å². The molecule has 0 fully saturated rings. The third-order valence-electron chi connectivity index (χ3n) is 8.22. The van der Waals surface area contributed by atoms with Crippen LogP contribution in [0.25, 0.3) is 76.8 Å². The highest BCUT2D eigenvalue weighted by molar-refractivity contribution is 6.25. The van der Waals surface area contributed by atoms with Gasteiger partial charge in [0, 0.05) is 0 Å². The second-order valence-electron chi connectivity index (χ2n) is 10.5. The van der Waals surface area contributed by atoms with Crippen molar-refractivity contribution in [3.05, 3.63) is 168 Å². The Morgan fingerprint density at radius 2 is 0.860 bits per heavy atom. The maximum atomic E-state index is 9.48. The third-order valence-corrected chi connectivity index (χ3v) is 8.22. The summed E-state index contributed by atoms with van der Waals surface area (Å²) >= 11 is 0. The Morgan fingerprint density at radius 3 is 1.56 bits per heavy atom. The Balaban J connectivity index is 1.59. The molecular weight excluding hydrogens is 516 g/mol. The molecule has 0 saturated carbocycles. The van der Waals surface area contributed by atoms with Crippen molar-refractivity contribution < 1.29 is 20.6 Å². The third kappa shape index (κ3) is 3.63. The molecule has 8 aromatic carbocycles. The molecule has 0 aromatic heterocycles. The van der Waals surface area contributed by atoms with E-state index in [0.29, 0.717) is 10.9 Å². The van der Waals surface area contributed by atoms with Crippen LogP contribution in [-0.2, 0) is 6.42 Å². The fourth-order valence-electron chi connectivity index (χ4n) is 6.43. The fourth-order valence-corrected chi connectivity index (χ4v) is 6.43. The zero-order valence-electron chi connectivity index (χ0n) is 37.6. The number of hydrogen-bond donors (Lipinski definition) is 0. The van der Waals surface area contributed by atoms with E-state index in [0.717, 1.165) is 16.5 Å². The zero-order chi connectivity index (χ0) is 41.4. The number of rotatable bonds is 3. The minimum atomic E-state index is -0.664. The molecule has 0 N–H and O–H groups in total. The summed E-state index contributed by atoms with van der Waals surface area (Å²) in [6.07, 6.45) is -0.205. The predicted molar refractivity (Wildman–Crippen MR) is 184 cm³/mol. The van der Waals surface area contributed by atoms with Crippen LogP contribution in [0, 0.1) is 0 Å². The van der Waals surface area contributed by atoms with Crippen LogP contribution in [0.2, 0.25) is 0 Å². The molecule has 0 heteroatoms. The molecule has 0 unspecified atom stereocenters. The van der Waals surface area contributed by atoms with Crippen LogP contribution in [0.5, 0.6) is 0 Å². The lowest BCUT2D eigenvalue weighted by Gasteiger charge is -2.21. The molecule has 0 radical (unpaired) electrons. The molecule has 0 atom stereocenters. The second-order valence-corrected chi connectivity index (χ2v) is 10.5. The van der Waals surface area contributed by atoms with Gasteiger partial charge < -0.3 is 0 Å². The minimum Gasteiger partial charge on any atom is -0.0622 e. The second kappa shape index (κ2) is 9.54. The molecule has 8 aromatic rings. The largest absolute Gasteiger partial charge is 0.0629 e. The summed E-state index contributed by atoms with van der Waals surface area (Å²) in [7, 11) is 0. The van der Waals surface area contributed by atoms with Crippen molar-refractivity contribution in [1.29, 1.82) is 0 Å². The van der Waals surface area contributed by atoms with Gasteiger partial charge in [-0.25, -0.2) is 0 Å². The standard InChI is InChI=1S/C43H28/c1-2-13-28(14-3-1)31-25-26-39(34-19-7-6-18-33(31)34)42-35-20-8-10-22-37(35)43(38-23-11-9-21-36(38)42)40-24-12-16-30-27-29-15-4-5-17-32(29)41(30)40/h1-26H,27H2/i4D,5D,8D,9D,10D,11D,12D,15D,16D,17D,20D,21D,22D,23D,24D.